The molecule has 0 saturated carbocycles. The Morgan fingerprint density at radius 3 is 2.73 bits per heavy atom. The molecule has 0 aliphatic rings. The molecule has 0 spiro atoms. The maximum absolute atomic E-state index is 11.7. The van der Waals surface area contributed by atoms with Gasteiger partial charge in [-0.15, -0.1) is 24.0 Å². The molecule has 0 fully saturated rings. The minimum Gasteiger partial charge on any atom is -0.496 e. The number of carbonyl (C=O) groups is 1. The highest BCUT2D eigenvalue weighted by atomic mass is 127. The number of halogens is 1. The van der Waals surface area contributed by atoms with E-state index in [0.717, 1.165) is 29.6 Å². The predicted molar refractivity (Wildman–Crippen MR) is 117 cm³/mol. The zero-order valence-electron chi connectivity index (χ0n) is 15.8. The summed E-state index contributed by atoms with van der Waals surface area (Å²) in [4.78, 5) is 20.8. The molecule has 0 unspecified atom stereocenters. The van der Waals surface area contributed by atoms with E-state index >= 15 is 0 Å². The van der Waals surface area contributed by atoms with Gasteiger partial charge in [0.15, 0.2) is 5.96 Å². The Morgan fingerprint density at radius 1 is 1.31 bits per heavy atom. The van der Waals surface area contributed by atoms with Crippen molar-refractivity contribution in [3.05, 3.63) is 30.0 Å². The summed E-state index contributed by atoms with van der Waals surface area (Å²) in [5.74, 6) is 1.48. The number of aliphatic imine (C=N–C) groups is 1. The summed E-state index contributed by atoms with van der Waals surface area (Å²) in [6.07, 6.45) is 2.82. The van der Waals surface area contributed by atoms with Gasteiger partial charge in [0.1, 0.15) is 12.3 Å². The second-order valence-corrected chi connectivity index (χ2v) is 5.86. The van der Waals surface area contributed by atoms with Crippen LogP contribution in [0.15, 0.2) is 29.4 Å². The van der Waals surface area contributed by atoms with E-state index in [9.17, 15) is 4.79 Å². The molecule has 2 rings (SSSR count). The second kappa shape index (κ2) is 10.9. The third-order valence-corrected chi connectivity index (χ3v) is 3.87. The van der Waals surface area contributed by atoms with Gasteiger partial charge < -0.3 is 25.3 Å². The first-order chi connectivity index (χ1) is 12.1. The van der Waals surface area contributed by atoms with Crippen LogP contribution in [0.2, 0.25) is 0 Å². The Labute approximate surface area is 171 Å². The molecule has 26 heavy (non-hydrogen) atoms. The number of likely N-dealkylation sites (N-methyl/N-ethyl adjacent to an activating group) is 1. The van der Waals surface area contributed by atoms with Gasteiger partial charge in [-0.1, -0.05) is 6.07 Å². The number of H-pyrrole nitrogens is 1. The molecule has 0 atom stereocenters. The van der Waals surface area contributed by atoms with E-state index < -0.39 is 0 Å². The maximum Gasteiger partial charge on any atom is 0.243 e. The number of guanidine groups is 1. The van der Waals surface area contributed by atoms with Crippen molar-refractivity contribution in [2.45, 2.75) is 13.3 Å². The molecule has 1 aromatic carbocycles. The van der Waals surface area contributed by atoms with E-state index in [1.165, 1.54) is 10.5 Å². The van der Waals surface area contributed by atoms with Gasteiger partial charge in [0.05, 0.1) is 7.11 Å². The molecule has 0 bridgehead atoms. The van der Waals surface area contributed by atoms with Crippen LogP contribution >= 0.6 is 24.0 Å². The summed E-state index contributed by atoms with van der Waals surface area (Å²) < 4.78 is 5.46. The Morgan fingerprint density at radius 2 is 2.08 bits per heavy atom. The number of aromatic nitrogens is 1. The Balaban J connectivity index is 0.00000338. The topological polar surface area (TPSA) is 81.8 Å². The van der Waals surface area contributed by atoms with Gasteiger partial charge in [0.2, 0.25) is 5.91 Å². The number of aromatic amines is 1. The van der Waals surface area contributed by atoms with Crippen LogP contribution in [-0.2, 0) is 11.2 Å². The normalized spacial score (nSPS) is 11.0. The predicted octanol–water partition coefficient (Wildman–Crippen LogP) is 1.98. The first-order valence-electron chi connectivity index (χ1n) is 8.42. The fourth-order valence-corrected chi connectivity index (χ4v) is 2.53. The van der Waals surface area contributed by atoms with Crippen LogP contribution in [0.3, 0.4) is 0 Å². The molecule has 0 saturated heterocycles. The summed E-state index contributed by atoms with van der Waals surface area (Å²) in [5.41, 5.74) is 2.24. The van der Waals surface area contributed by atoms with Gasteiger partial charge in [0, 0.05) is 44.3 Å². The van der Waals surface area contributed by atoms with Gasteiger partial charge in [-0.2, -0.15) is 0 Å². The van der Waals surface area contributed by atoms with E-state index in [4.69, 9.17) is 4.74 Å². The van der Waals surface area contributed by atoms with E-state index in [1.807, 2.05) is 31.3 Å². The Hall–Kier alpha value is -1.97. The molecule has 1 heterocycles. The summed E-state index contributed by atoms with van der Waals surface area (Å²) in [7, 11) is 5.13. The van der Waals surface area contributed by atoms with Crippen molar-refractivity contribution in [2.75, 3.05) is 40.8 Å². The number of amides is 1. The van der Waals surface area contributed by atoms with Crippen molar-refractivity contribution in [2.24, 2.45) is 4.99 Å². The number of benzene rings is 1. The lowest BCUT2D eigenvalue weighted by Crippen LogP contribution is -2.39. The van der Waals surface area contributed by atoms with E-state index in [2.05, 4.69) is 20.6 Å². The molecule has 3 N–H and O–H groups in total. The number of hydrogen-bond donors (Lipinski definition) is 3. The monoisotopic (exact) mass is 473 g/mol. The molecular weight excluding hydrogens is 445 g/mol. The van der Waals surface area contributed by atoms with Crippen molar-refractivity contribution < 1.29 is 9.53 Å². The number of nitrogens with one attached hydrogen (secondary N) is 3. The van der Waals surface area contributed by atoms with Crippen LogP contribution in [0.4, 0.5) is 0 Å². The first kappa shape index (κ1) is 22.1. The highest BCUT2D eigenvalue weighted by Gasteiger charge is 2.09. The Kier molecular flexibility index (Phi) is 9.25. The molecule has 0 aliphatic carbocycles. The standard InChI is InChI=1S/C18H27N5O2.HI/c1-5-19-18(22-12-16(24)23(2)3)20-10-9-13-11-21-14-7-6-8-15(25-4)17(13)14;/h6-8,11,21H,5,9-10,12H2,1-4H3,(H2,19,20,22);1H. The summed E-state index contributed by atoms with van der Waals surface area (Å²) in [6.45, 7) is 3.56. The number of rotatable bonds is 7. The highest BCUT2D eigenvalue weighted by molar-refractivity contribution is 14.0. The van der Waals surface area contributed by atoms with E-state index in [-0.39, 0.29) is 36.4 Å². The minimum absolute atomic E-state index is 0. The van der Waals surface area contributed by atoms with Crippen molar-refractivity contribution >= 4 is 46.7 Å². The molecule has 1 amide bonds. The zero-order valence-corrected chi connectivity index (χ0v) is 18.1. The van der Waals surface area contributed by atoms with Crippen LogP contribution < -0.4 is 15.4 Å². The summed E-state index contributed by atoms with van der Waals surface area (Å²) in [6, 6.07) is 5.97. The summed E-state index contributed by atoms with van der Waals surface area (Å²) in [5, 5.41) is 7.53. The molecule has 2 aromatic rings. The van der Waals surface area contributed by atoms with Gasteiger partial charge >= 0.3 is 0 Å². The van der Waals surface area contributed by atoms with Crippen LogP contribution in [0.25, 0.3) is 10.9 Å². The fourth-order valence-electron chi connectivity index (χ4n) is 2.53. The molecule has 8 heteroatoms. The van der Waals surface area contributed by atoms with Crippen LogP contribution in [-0.4, -0.2) is 62.6 Å². The van der Waals surface area contributed by atoms with Gasteiger partial charge in [-0.05, 0) is 31.0 Å². The molecule has 7 nitrogen and oxygen atoms in total. The van der Waals surface area contributed by atoms with Crippen LogP contribution in [0.5, 0.6) is 5.75 Å². The number of ether oxygens (including phenoxy) is 1. The van der Waals surface area contributed by atoms with E-state index in [0.29, 0.717) is 12.5 Å². The molecule has 1 aromatic heterocycles. The van der Waals surface area contributed by atoms with Crippen molar-refractivity contribution in [3.63, 3.8) is 0 Å². The van der Waals surface area contributed by atoms with Crippen LogP contribution in [0, 0.1) is 0 Å². The zero-order chi connectivity index (χ0) is 18.2. The van der Waals surface area contributed by atoms with E-state index in [1.54, 1.807) is 21.2 Å². The average molecular weight is 473 g/mol. The van der Waals surface area contributed by atoms with Crippen molar-refractivity contribution in [3.8, 4) is 5.75 Å². The molecular formula is C18H28IN5O2. The number of methoxy groups -OCH3 is 1. The lowest BCUT2D eigenvalue weighted by molar-refractivity contribution is -0.127. The Bertz CT molecular complexity index is 742. The lowest BCUT2D eigenvalue weighted by atomic mass is 10.1. The third-order valence-electron chi connectivity index (χ3n) is 3.87. The second-order valence-electron chi connectivity index (χ2n) is 5.86. The number of carbonyl (C=O) groups excluding carboxylic acids is 1. The summed E-state index contributed by atoms with van der Waals surface area (Å²) >= 11 is 0. The number of hydrogen-bond acceptors (Lipinski definition) is 3. The highest BCUT2D eigenvalue weighted by Crippen LogP contribution is 2.28. The quantitative estimate of drug-likeness (QED) is 0.327. The first-order valence-corrected chi connectivity index (χ1v) is 8.42. The van der Waals surface area contributed by atoms with Gasteiger partial charge in [-0.3, -0.25) is 4.79 Å². The number of nitrogens with zero attached hydrogens (tertiary/aromatic N) is 2. The largest absolute Gasteiger partial charge is 0.496 e. The lowest BCUT2D eigenvalue weighted by Gasteiger charge is -2.12. The van der Waals surface area contributed by atoms with Gasteiger partial charge in [-0.25, -0.2) is 4.99 Å². The molecule has 0 radical (unpaired) electrons. The van der Waals surface area contributed by atoms with Crippen LogP contribution in [0.1, 0.15) is 12.5 Å². The third kappa shape index (κ3) is 5.79. The molecule has 144 valence electrons. The minimum atomic E-state index is -0.0291. The van der Waals surface area contributed by atoms with Crippen molar-refractivity contribution in [1.29, 1.82) is 0 Å². The van der Waals surface area contributed by atoms with Gasteiger partial charge in [0.25, 0.3) is 0 Å². The van der Waals surface area contributed by atoms with Crippen molar-refractivity contribution in [1.82, 2.24) is 20.5 Å². The average Bonchev–Trinajstić information content (AvgIpc) is 3.02. The fraction of sp³-hybridized carbons (Fsp3) is 0.444. The molecule has 0 aliphatic heterocycles. The maximum atomic E-state index is 11.7. The smallest absolute Gasteiger partial charge is 0.243 e. The SMILES string of the molecule is CCNC(=NCC(=O)N(C)C)NCCc1c[nH]c2cccc(OC)c12.I. The number of fused-ring (bicyclic) bond motifs is 1.